The van der Waals surface area contributed by atoms with Gasteiger partial charge >= 0.3 is 18.2 Å². The Balaban J connectivity index is 0.000000283. The number of ether oxygens (including phenoxy) is 6. The zero-order valence-corrected chi connectivity index (χ0v) is 69.0. The predicted molar refractivity (Wildman–Crippen MR) is 429 cm³/mol. The van der Waals surface area contributed by atoms with Crippen LogP contribution in [-0.4, -0.2) is 204 Å². The van der Waals surface area contributed by atoms with E-state index in [-0.39, 0.29) is 70.4 Å². The molecule has 38 heteroatoms. The molecule has 0 radical (unpaired) electrons. The van der Waals surface area contributed by atoms with Gasteiger partial charge in [0.15, 0.2) is 0 Å². The number of aromatic carboxylic acids is 1. The highest BCUT2D eigenvalue weighted by atomic mass is 35.5. The lowest BCUT2D eigenvalue weighted by atomic mass is 10.0. The van der Waals surface area contributed by atoms with Gasteiger partial charge in [0.2, 0.25) is 45.9 Å². The molecule has 2 aromatic carbocycles. The van der Waals surface area contributed by atoms with Crippen LogP contribution in [0.4, 0.5) is 21.0 Å². The van der Waals surface area contributed by atoms with Gasteiger partial charge in [0.05, 0.1) is 76.2 Å². The zero-order chi connectivity index (χ0) is 81.3. The standard InChI is InChI=1S/C20H21ClN4O3.C15H22ClN3O3.C10H14ClN3O.C10H9NO3.C9H18N2O2.C5H4Cl2N2O.C4H2Cl2N2.ClH/c1-3-18(26)23-15-6-4-14(5-7-15)20(27)25-9-8-13(12-25)10-17-22-11-16(21)19(24-17)28-2;1-15(2,3)22-14(20)19-6-5-10(9-19)7-12-17-8-11(16)13(18-12)21-4;1-15-10-8(11)6-13-9(14-10)4-7-2-3-12-5-7;1-2-9(12)11-8-5-3-7(4-6-8)10(13)14;1-9(2,3)13-8(12)11-5-4-7(10)6-11;1-10-4-3(6)2-8-5(7)9-4;5-3-1-7-4(6)8-2-3;/h3-7,11,13H,1,8-10,12H2,2H3,(H,23,26);8,10H,5-7,9H2,1-4H3;6-7,12H,2-5H2,1H3;2-6H,1H2,(H,11,12)(H,13,14);7H,4-6,10H2,1-3H3;2H,1H3;1-2H;1H/t13-;10-;7-;;7-;;;/m000.1.../s1. The number of hydrogen-bond acceptors (Lipinski definition) is 24. The Bertz CT molecular complexity index is 4150. The van der Waals surface area contributed by atoms with Gasteiger partial charge in [-0.2, -0.15) is 19.9 Å². The van der Waals surface area contributed by atoms with Crippen LogP contribution in [-0.2, 0) is 38.3 Å². The van der Waals surface area contributed by atoms with E-state index < -0.39 is 17.2 Å². The number of aromatic nitrogens is 10. The van der Waals surface area contributed by atoms with Crippen LogP contribution in [0, 0.1) is 17.8 Å². The maximum Gasteiger partial charge on any atom is 0.410 e. The van der Waals surface area contributed by atoms with Crippen molar-refractivity contribution in [3.63, 3.8) is 0 Å². The molecular formula is C73H91Cl8N17O13. The Morgan fingerprint density at radius 1 is 0.514 bits per heavy atom. The van der Waals surface area contributed by atoms with Crippen LogP contribution in [0.5, 0.6) is 23.5 Å². The van der Waals surface area contributed by atoms with Gasteiger partial charge in [0.25, 0.3) is 5.91 Å². The van der Waals surface area contributed by atoms with Gasteiger partial charge in [0.1, 0.15) is 48.8 Å². The van der Waals surface area contributed by atoms with Crippen molar-refractivity contribution in [2.45, 2.75) is 104 Å². The first-order valence-corrected chi connectivity index (χ1v) is 36.8. The molecule has 4 aliphatic heterocycles. The number of nitrogens with zero attached hydrogens (tertiary/aromatic N) is 13. The van der Waals surface area contributed by atoms with E-state index in [1.807, 2.05) is 46.4 Å². The molecule has 5 aromatic heterocycles. The number of carboxylic acid groups (broad SMARTS) is 1. The summed E-state index contributed by atoms with van der Waals surface area (Å²) >= 11 is 39.5. The lowest BCUT2D eigenvalue weighted by Gasteiger charge is -2.24. The number of likely N-dealkylation sites (tertiary alicyclic amines) is 3. The summed E-state index contributed by atoms with van der Waals surface area (Å²) < 4.78 is 30.6. The second-order valence-electron chi connectivity index (χ2n) is 26.4. The number of nitrogens with two attached hydrogens (primary N) is 1. The van der Waals surface area contributed by atoms with Crippen LogP contribution in [0.2, 0.25) is 35.7 Å². The van der Waals surface area contributed by atoms with E-state index in [2.05, 4.69) is 78.9 Å². The summed E-state index contributed by atoms with van der Waals surface area (Å²) in [6.07, 6.45) is 16.9. The van der Waals surface area contributed by atoms with Gasteiger partial charge in [-0.15, -0.1) is 12.4 Å². The van der Waals surface area contributed by atoms with Crippen molar-refractivity contribution in [1.82, 2.24) is 69.9 Å². The first kappa shape index (κ1) is 94.6. The minimum absolute atomic E-state index is 0. The molecule has 0 unspecified atom stereocenters. The molecule has 7 aromatic rings. The fourth-order valence-corrected chi connectivity index (χ4v) is 11.2. The van der Waals surface area contributed by atoms with E-state index >= 15 is 0 Å². The summed E-state index contributed by atoms with van der Waals surface area (Å²) in [7, 11) is 6.07. The fourth-order valence-electron chi connectivity index (χ4n) is 10.2. The first-order chi connectivity index (χ1) is 52.1. The molecule has 0 spiro atoms. The van der Waals surface area contributed by atoms with E-state index in [0.29, 0.717) is 135 Å². The number of nitrogens with one attached hydrogen (secondary N) is 3. The normalized spacial score (nSPS) is 15.9. The average Bonchev–Trinajstić information content (AvgIpc) is 1.75. The molecule has 602 valence electrons. The third-order valence-corrected chi connectivity index (χ3v) is 17.1. The van der Waals surface area contributed by atoms with Gasteiger partial charge in [-0.3, -0.25) is 14.4 Å². The Morgan fingerprint density at radius 3 is 1.24 bits per heavy atom. The highest BCUT2D eigenvalue weighted by Crippen LogP contribution is 2.29. The number of carboxylic acids is 1. The highest BCUT2D eigenvalue weighted by molar-refractivity contribution is 6.33. The molecule has 30 nitrogen and oxygen atoms in total. The number of halogens is 8. The number of methoxy groups -OCH3 is 4. The number of carbonyl (C=O) groups is 6. The average molecular weight is 1700 g/mol. The van der Waals surface area contributed by atoms with Crippen molar-refractivity contribution in [2.24, 2.45) is 23.5 Å². The smallest absolute Gasteiger partial charge is 0.410 e. The third kappa shape index (κ3) is 34.8. The van der Waals surface area contributed by atoms with Crippen LogP contribution in [0.1, 0.15) is 105 Å². The predicted octanol–water partition coefficient (Wildman–Crippen LogP) is 13.7. The molecule has 0 saturated carbocycles. The molecule has 4 saturated heterocycles. The summed E-state index contributed by atoms with van der Waals surface area (Å²) in [6, 6.07) is 12.8. The lowest BCUT2D eigenvalue weighted by Crippen LogP contribution is -2.36. The molecular weight excluding hydrogens is 1610 g/mol. The topological polar surface area (TPSA) is 379 Å². The van der Waals surface area contributed by atoms with Crippen LogP contribution < -0.4 is 40.6 Å². The number of benzene rings is 2. The SMILES string of the molecule is C=CC(=O)Nc1ccc(C(=O)N2CC[C@@H](Cc3ncc(Cl)c(OC)n3)C2)cc1.C=CC(=O)Nc1ccc(C(=O)O)cc1.CC(C)(C)OC(=O)N1CC[C@@H](N)C1.COc1nc(C[C@@H]2CCN(C(=O)OC(C)(C)C)C2)ncc1Cl.COc1nc(C[C@@H]2CCNC2)ncc1Cl.COc1nc(Cl)ncc1Cl.Cl.Clc1cnc(Cl)nc1. The van der Waals surface area contributed by atoms with Crippen LogP contribution in [0.15, 0.2) is 111 Å². The minimum Gasteiger partial charge on any atom is -0.480 e. The zero-order valence-electron chi connectivity index (χ0n) is 62.9. The van der Waals surface area contributed by atoms with E-state index in [0.717, 1.165) is 57.2 Å². The van der Waals surface area contributed by atoms with Crippen molar-refractivity contribution >= 4 is 141 Å². The monoisotopic (exact) mass is 1690 g/mol. The van der Waals surface area contributed by atoms with Crippen LogP contribution in [0.3, 0.4) is 0 Å². The number of hydrogen-bond donors (Lipinski definition) is 5. The van der Waals surface area contributed by atoms with Gasteiger partial charge in [-0.05, 0) is 182 Å². The maximum atomic E-state index is 12.7. The molecule has 5 amide bonds. The molecule has 6 N–H and O–H groups in total. The van der Waals surface area contributed by atoms with Gasteiger partial charge in [0, 0.05) is 81.5 Å². The molecule has 4 fully saturated rings. The lowest BCUT2D eigenvalue weighted by molar-refractivity contribution is -0.112. The van der Waals surface area contributed by atoms with Crippen molar-refractivity contribution in [1.29, 1.82) is 0 Å². The van der Waals surface area contributed by atoms with Gasteiger partial charge < -0.3 is 69.9 Å². The van der Waals surface area contributed by atoms with Gasteiger partial charge in [-0.25, -0.2) is 44.3 Å². The molecule has 0 bridgehead atoms. The number of carbonyl (C=O) groups excluding carboxylic acids is 5. The molecule has 4 atom stereocenters. The summed E-state index contributed by atoms with van der Waals surface area (Å²) in [5.41, 5.74) is 6.72. The Hall–Kier alpha value is -8.82. The maximum absolute atomic E-state index is 12.7. The molecule has 4 aliphatic rings. The van der Waals surface area contributed by atoms with Crippen molar-refractivity contribution in [2.75, 3.05) is 91.4 Å². The summed E-state index contributed by atoms with van der Waals surface area (Å²) in [6.45, 7) is 24.1. The first-order valence-electron chi connectivity index (χ1n) is 34.1. The number of anilines is 2. The summed E-state index contributed by atoms with van der Waals surface area (Å²) in [5.74, 6) is 3.24. The van der Waals surface area contributed by atoms with Crippen molar-refractivity contribution in [3.05, 3.63) is 175 Å². The fraction of sp³-hybridized carbons (Fsp3) is 0.425. The Kier molecular flexibility index (Phi) is 40.5. The second kappa shape index (κ2) is 47.5. The largest absolute Gasteiger partial charge is 0.480 e. The van der Waals surface area contributed by atoms with Crippen molar-refractivity contribution in [3.8, 4) is 23.5 Å². The molecule has 9 heterocycles. The van der Waals surface area contributed by atoms with E-state index in [9.17, 15) is 28.8 Å². The Morgan fingerprint density at radius 2 is 0.883 bits per heavy atom. The highest BCUT2D eigenvalue weighted by Gasteiger charge is 2.32. The number of amides is 5. The van der Waals surface area contributed by atoms with Crippen LogP contribution in [0.25, 0.3) is 0 Å². The number of rotatable bonds is 16. The van der Waals surface area contributed by atoms with Gasteiger partial charge in [-0.1, -0.05) is 71.2 Å². The minimum atomic E-state index is -0.994. The second-order valence-corrected chi connectivity index (χ2v) is 29.1. The summed E-state index contributed by atoms with van der Waals surface area (Å²) in [5, 5.41) is 19.5. The van der Waals surface area contributed by atoms with E-state index in [1.54, 1.807) is 53.6 Å². The van der Waals surface area contributed by atoms with E-state index in [4.69, 9.17) is 120 Å². The van der Waals surface area contributed by atoms with Crippen molar-refractivity contribution < 1.29 is 62.3 Å². The quantitative estimate of drug-likeness (QED) is 0.0443. The van der Waals surface area contributed by atoms with E-state index in [1.165, 1.54) is 82.9 Å². The third-order valence-electron chi connectivity index (χ3n) is 15.5. The Labute approximate surface area is 686 Å². The summed E-state index contributed by atoms with van der Waals surface area (Å²) in [4.78, 5) is 114. The molecule has 111 heavy (non-hydrogen) atoms. The molecule has 11 rings (SSSR count). The molecule has 0 aliphatic carbocycles. The van der Waals surface area contributed by atoms with Crippen LogP contribution >= 0.6 is 93.6 Å².